The molecule has 1 unspecified atom stereocenters. The average molecular weight is 458 g/mol. The van der Waals surface area contributed by atoms with Crippen LogP contribution >= 0.6 is 23.2 Å². The third-order valence-electron chi connectivity index (χ3n) is 4.94. The monoisotopic (exact) mass is 457 g/mol. The van der Waals surface area contributed by atoms with E-state index in [1.54, 1.807) is 13.8 Å². The molecule has 1 N–H and O–H groups in total. The van der Waals surface area contributed by atoms with Crippen LogP contribution in [0.15, 0.2) is 12.4 Å². The zero-order valence-electron chi connectivity index (χ0n) is 17.0. The van der Waals surface area contributed by atoms with Crippen LogP contribution in [-0.2, 0) is 11.0 Å². The molecule has 11 heteroatoms. The van der Waals surface area contributed by atoms with Crippen molar-refractivity contribution in [3.63, 3.8) is 0 Å². The van der Waals surface area contributed by atoms with Crippen molar-refractivity contribution in [3.8, 4) is 0 Å². The van der Waals surface area contributed by atoms with Crippen molar-refractivity contribution in [2.75, 3.05) is 0 Å². The number of alkyl halides is 4. The second-order valence-electron chi connectivity index (χ2n) is 8.38. The molecule has 0 aliphatic rings. The van der Waals surface area contributed by atoms with Crippen molar-refractivity contribution in [1.29, 1.82) is 0 Å². The Hall–Kier alpha value is -1.32. The summed E-state index contributed by atoms with van der Waals surface area (Å²) in [6, 6.07) is -0.330. The Morgan fingerprint density at radius 3 is 1.66 bits per heavy atom. The van der Waals surface area contributed by atoms with E-state index in [2.05, 4.69) is 15.5 Å². The summed E-state index contributed by atoms with van der Waals surface area (Å²) in [4.78, 5) is 0. The molecule has 0 fully saturated rings. The number of halogens is 6. The maximum Gasteiger partial charge on any atom is 0.333 e. The van der Waals surface area contributed by atoms with Crippen LogP contribution in [0.3, 0.4) is 0 Å². The number of aromatic nitrogens is 4. The van der Waals surface area contributed by atoms with E-state index in [1.807, 2.05) is 27.7 Å². The highest BCUT2D eigenvalue weighted by molar-refractivity contribution is 6.31. The molecule has 0 aliphatic carbocycles. The second-order valence-corrected chi connectivity index (χ2v) is 9.19. The largest absolute Gasteiger partial charge is 0.333 e. The van der Waals surface area contributed by atoms with Gasteiger partial charge >= 0.3 is 13.1 Å². The van der Waals surface area contributed by atoms with E-state index in [0.717, 1.165) is 12.4 Å². The van der Waals surface area contributed by atoms with Gasteiger partial charge in [-0.3, -0.25) is 0 Å². The predicted molar refractivity (Wildman–Crippen MR) is 105 cm³/mol. The fourth-order valence-electron chi connectivity index (χ4n) is 3.58. The van der Waals surface area contributed by atoms with Gasteiger partial charge in [-0.15, -0.1) is 0 Å². The maximum absolute atomic E-state index is 13.1. The van der Waals surface area contributed by atoms with Gasteiger partial charge in [0, 0.05) is 23.9 Å². The highest BCUT2D eigenvalue weighted by Crippen LogP contribution is 2.38. The zero-order chi connectivity index (χ0) is 22.3. The summed E-state index contributed by atoms with van der Waals surface area (Å²) >= 11 is 12.4. The molecule has 0 spiro atoms. The van der Waals surface area contributed by atoms with Crippen molar-refractivity contribution >= 4 is 23.2 Å². The maximum atomic E-state index is 13.1. The molecule has 2 heterocycles. The van der Waals surface area contributed by atoms with Crippen LogP contribution < -0.4 is 5.32 Å². The Balaban J connectivity index is 2.43. The molecule has 29 heavy (non-hydrogen) atoms. The number of hydrogen-bond donors (Lipinski definition) is 1. The smallest absolute Gasteiger partial charge is 0.302 e. The SMILES string of the molecule is CC(C)C(NC(C)(C)c1nn(C(F)F)cc1Cl)C(C)(C)c1nn(C(F)F)cc1Cl. The van der Waals surface area contributed by atoms with Crippen LogP contribution in [0.1, 0.15) is 66.0 Å². The van der Waals surface area contributed by atoms with Gasteiger partial charge in [-0.25, -0.2) is 9.36 Å². The van der Waals surface area contributed by atoms with Gasteiger partial charge < -0.3 is 5.32 Å². The summed E-state index contributed by atoms with van der Waals surface area (Å²) in [6.45, 7) is 5.49. The van der Waals surface area contributed by atoms with E-state index in [1.165, 1.54) is 0 Å². The molecule has 0 radical (unpaired) electrons. The molecule has 2 rings (SSSR count). The summed E-state index contributed by atoms with van der Waals surface area (Å²) in [6.07, 6.45) is 2.16. The molecule has 0 bridgehead atoms. The van der Waals surface area contributed by atoms with Gasteiger partial charge in [-0.2, -0.15) is 27.8 Å². The van der Waals surface area contributed by atoms with Crippen LogP contribution in [0.25, 0.3) is 0 Å². The lowest BCUT2D eigenvalue weighted by molar-refractivity contribution is 0.0542. The van der Waals surface area contributed by atoms with Gasteiger partial charge in [0.1, 0.15) is 5.69 Å². The van der Waals surface area contributed by atoms with Gasteiger partial charge in [0.15, 0.2) is 0 Å². The molecule has 2 aromatic rings. The minimum Gasteiger partial charge on any atom is -0.302 e. The molecule has 1 atom stereocenters. The Morgan fingerprint density at radius 2 is 1.28 bits per heavy atom. The quantitative estimate of drug-likeness (QED) is 0.494. The zero-order valence-corrected chi connectivity index (χ0v) is 18.5. The third kappa shape index (κ3) is 4.88. The first-order valence-corrected chi connectivity index (χ1v) is 9.78. The Morgan fingerprint density at radius 1 is 0.862 bits per heavy atom. The number of rotatable bonds is 8. The number of hydrogen-bond acceptors (Lipinski definition) is 3. The van der Waals surface area contributed by atoms with E-state index < -0.39 is 24.1 Å². The normalized spacial score (nSPS) is 14.4. The number of nitrogens with one attached hydrogen (secondary N) is 1. The molecule has 5 nitrogen and oxygen atoms in total. The van der Waals surface area contributed by atoms with E-state index in [-0.39, 0.29) is 27.7 Å². The lowest BCUT2D eigenvalue weighted by Crippen LogP contribution is -2.55. The van der Waals surface area contributed by atoms with Gasteiger partial charge in [0.05, 0.1) is 21.3 Å². The fraction of sp³-hybridized carbons (Fsp3) is 0.667. The van der Waals surface area contributed by atoms with Crippen molar-refractivity contribution in [2.45, 2.75) is 71.6 Å². The molecule has 0 saturated heterocycles. The predicted octanol–water partition coefficient (Wildman–Crippen LogP) is 6.00. The Labute approximate surface area is 177 Å². The van der Waals surface area contributed by atoms with Crippen LogP contribution in [0, 0.1) is 5.92 Å². The van der Waals surface area contributed by atoms with Crippen molar-refractivity contribution in [2.24, 2.45) is 5.92 Å². The number of nitrogens with zero attached hydrogens (tertiary/aromatic N) is 4. The standard InChI is InChI=1S/C18H25Cl2F4N5/c1-9(2)12(17(3,4)13-10(19)7-28(26-13)15(21)22)25-18(5,6)14-11(20)8-29(27-14)16(23)24/h7-9,12,15-16,25H,1-6H3. The first kappa shape index (κ1) is 24.0. The third-order valence-corrected chi connectivity index (χ3v) is 5.49. The highest BCUT2D eigenvalue weighted by Gasteiger charge is 2.42. The first-order chi connectivity index (χ1) is 13.2. The van der Waals surface area contributed by atoms with Crippen LogP contribution in [0.4, 0.5) is 17.6 Å². The second kappa shape index (κ2) is 8.43. The van der Waals surface area contributed by atoms with E-state index in [0.29, 0.717) is 15.1 Å². The molecule has 2 aromatic heterocycles. The summed E-state index contributed by atoms with van der Waals surface area (Å²) < 4.78 is 53.1. The van der Waals surface area contributed by atoms with E-state index in [4.69, 9.17) is 23.2 Å². The fourth-order valence-corrected chi connectivity index (χ4v) is 4.34. The van der Waals surface area contributed by atoms with Crippen molar-refractivity contribution in [1.82, 2.24) is 24.9 Å². The Bertz CT molecular complexity index is 845. The van der Waals surface area contributed by atoms with Gasteiger partial charge in [0.25, 0.3) is 0 Å². The van der Waals surface area contributed by atoms with Gasteiger partial charge in [-0.05, 0) is 19.8 Å². The van der Waals surface area contributed by atoms with E-state index >= 15 is 0 Å². The molecular formula is C18H25Cl2F4N5. The molecule has 164 valence electrons. The average Bonchev–Trinajstić information content (AvgIpc) is 3.16. The van der Waals surface area contributed by atoms with E-state index in [9.17, 15) is 17.6 Å². The molecule has 0 saturated carbocycles. The molecule has 0 amide bonds. The topological polar surface area (TPSA) is 47.7 Å². The summed E-state index contributed by atoms with van der Waals surface area (Å²) in [5.41, 5.74) is -1.11. The summed E-state index contributed by atoms with van der Waals surface area (Å²) in [7, 11) is 0. The van der Waals surface area contributed by atoms with Crippen molar-refractivity contribution in [3.05, 3.63) is 33.8 Å². The molecule has 0 aliphatic heterocycles. The Kier molecular flexibility index (Phi) is 6.96. The van der Waals surface area contributed by atoms with Crippen molar-refractivity contribution < 1.29 is 17.6 Å². The summed E-state index contributed by atoms with van der Waals surface area (Å²) in [5.74, 6) is 0.00741. The van der Waals surface area contributed by atoms with Gasteiger partial charge in [0.2, 0.25) is 0 Å². The van der Waals surface area contributed by atoms with Gasteiger partial charge in [-0.1, -0.05) is 50.9 Å². The minimum atomic E-state index is -2.81. The van der Waals surface area contributed by atoms with Crippen LogP contribution in [-0.4, -0.2) is 25.6 Å². The molecule has 0 aromatic carbocycles. The first-order valence-electron chi connectivity index (χ1n) is 9.02. The highest BCUT2D eigenvalue weighted by atomic mass is 35.5. The lowest BCUT2D eigenvalue weighted by atomic mass is 9.74. The summed E-state index contributed by atoms with van der Waals surface area (Å²) in [5, 5.41) is 11.5. The lowest BCUT2D eigenvalue weighted by Gasteiger charge is -2.42. The minimum absolute atomic E-state index is 0.00741. The van der Waals surface area contributed by atoms with Crippen LogP contribution in [0.2, 0.25) is 10.0 Å². The van der Waals surface area contributed by atoms with Crippen LogP contribution in [0.5, 0.6) is 0 Å². The molecular weight excluding hydrogens is 433 g/mol.